The molecule has 2 aromatic rings. The fourth-order valence-electron chi connectivity index (χ4n) is 2.77. The standard InChI is InChI=1S/C19H25N/c1-4-20-19(14-17-10-8-9-15(2)13-17)16(3)18-11-6-5-7-12-18/h5-13,16,19-20H,4,14H2,1-3H3. The van der Waals surface area contributed by atoms with E-state index in [0.29, 0.717) is 12.0 Å². The predicted molar refractivity (Wildman–Crippen MR) is 87.2 cm³/mol. The first-order valence-electron chi connectivity index (χ1n) is 7.54. The number of hydrogen-bond acceptors (Lipinski definition) is 1. The highest BCUT2D eigenvalue weighted by molar-refractivity contribution is 5.26. The van der Waals surface area contributed by atoms with E-state index in [1.165, 1.54) is 16.7 Å². The Balaban J connectivity index is 2.14. The molecule has 0 aromatic heterocycles. The first-order valence-corrected chi connectivity index (χ1v) is 7.54. The zero-order valence-electron chi connectivity index (χ0n) is 12.8. The molecule has 0 saturated carbocycles. The van der Waals surface area contributed by atoms with Crippen molar-refractivity contribution in [1.29, 1.82) is 0 Å². The van der Waals surface area contributed by atoms with Crippen LogP contribution in [0.5, 0.6) is 0 Å². The highest BCUT2D eigenvalue weighted by Crippen LogP contribution is 2.22. The maximum atomic E-state index is 3.65. The number of aryl methyl sites for hydroxylation is 1. The van der Waals surface area contributed by atoms with Crippen LogP contribution < -0.4 is 5.32 Å². The summed E-state index contributed by atoms with van der Waals surface area (Å²) in [7, 11) is 0. The summed E-state index contributed by atoms with van der Waals surface area (Å²) in [6, 6.07) is 20.1. The van der Waals surface area contributed by atoms with Crippen LogP contribution >= 0.6 is 0 Å². The average molecular weight is 267 g/mol. The van der Waals surface area contributed by atoms with E-state index in [2.05, 4.69) is 80.7 Å². The first kappa shape index (κ1) is 14.8. The van der Waals surface area contributed by atoms with E-state index in [-0.39, 0.29) is 0 Å². The minimum atomic E-state index is 0.476. The van der Waals surface area contributed by atoms with E-state index in [9.17, 15) is 0 Å². The second kappa shape index (κ2) is 7.25. The van der Waals surface area contributed by atoms with Gasteiger partial charge in [0, 0.05) is 6.04 Å². The molecular formula is C19H25N. The lowest BCUT2D eigenvalue weighted by molar-refractivity contribution is 0.458. The molecule has 2 unspecified atom stereocenters. The van der Waals surface area contributed by atoms with Gasteiger partial charge in [0.1, 0.15) is 0 Å². The molecule has 1 heteroatoms. The second-order valence-corrected chi connectivity index (χ2v) is 5.56. The van der Waals surface area contributed by atoms with Gasteiger partial charge in [-0.25, -0.2) is 0 Å². The topological polar surface area (TPSA) is 12.0 Å². The van der Waals surface area contributed by atoms with Crippen molar-refractivity contribution >= 4 is 0 Å². The molecule has 1 nitrogen and oxygen atoms in total. The van der Waals surface area contributed by atoms with Gasteiger partial charge in [-0.15, -0.1) is 0 Å². The van der Waals surface area contributed by atoms with E-state index >= 15 is 0 Å². The lowest BCUT2D eigenvalue weighted by Crippen LogP contribution is -2.35. The van der Waals surface area contributed by atoms with Crippen LogP contribution in [0.3, 0.4) is 0 Å². The van der Waals surface area contributed by atoms with Crippen LogP contribution in [-0.2, 0) is 6.42 Å². The van der Waals surface area contributed by atoms with E-state index < -0.39 is 0 Å². The summed E-state index contributed by atoms with van der Waals surface area (Å²) in [6.07, 6.45) is 1.07. The Bertz CT molecular complexity index is 518. The Kier molecular flexibility index (Phi) is 5.37. The van der Waals surface area contributed by atoms with Gasteiger partial charge >= 0.3 is 0 Å². The fraction of sp³-hybridized carbons (Fsp3) is 0.368. The quantitative estimate of drug-likeness (QED) is 0.822. The minimum Gasteiger partial charge on any atom is -0.313 e. The molecule has 0 amide bonds. The Morgan fingerprint density at radius 2 is 1.75 bits per heavy atom. The molecule has 2 aromatic carbocycles. The normalized spacial score (nSPS) is 13.9. The van der Waals surface area contributed by atoms with Gasteiger partial charge in [-0.3, -0.25) is 0 Å². The molecule has 0 radical (unpaired) electrons. The van der Waals surface area contributed by atoms with E-state index in [4.69, 9.17) is 0 Å². The van der Waals surface area contributed by atoms with Crippen molar-refractivity contribution < 1.29 is 0 Å². The summed E-state index contributed by atoms with van der Waals surface area (Å²) >= 11 is 0. The molecule has 2 rings (SSSR count). The highest BCUT2D eigenvalue weighted by atomic mass is 14.9. The number of likely N-dealkylation sites (N-methyl/N-ethyl adjacent to an activating group) is 1. The van der Waals surface area contributed by atoms with Crippen molar-refractivity contribution in [3.63, 3.8) is 0 Å². The Morgan fingerprint density at radius 1 is 1.00 bits per heavy atom. The van der Waals surface area contributed by atoms with Crippen LogP contribution in [-0.4, -0.2) is 12.6 Å². The van der Waals surface area contributed by atoms with Gasteiger partial charge in [0.05, 0.1) is 0 Å². The Morgan fingerprint density at radius 3 is 2.40 bits per heavy atom. The maximum absolute atomic E-state index is 3.65. The summed E-state index contributed by atoms with van der Waals surface area (Å²) in [5.41, 5.74) is 4.16. The number of hydrogen-bond donors (Lipinski definition) is 1. The predicted octanol–water partition coefficient (Wildman–Crippen LogP) is 4.32. The summed E-state index contributed by atoms with van der Waals surface area (Å²) in [6.45, 7) is 7.67. The van der Waals surface area contributed by atoms with Crippen LogP contribution in [0.15, 0.2) is 54.6 Å². The van der Waals surface area contributed by atoms with E-state index in [0.717, 1.165) is 13.0 Å². The van der Waals surface area contributed by atoms with Gasteiger partial charge in [0.25, 0.3) is 0 Å². The maximum Gasteiger partial charge on any atom is 0.0173 e. The van der Waals surface area contributed by atoms with Crippen molar-refractivity contribution in [3.05, 3.63) is 71.3 Å². The Hall–Kier alpha value is -1.60. The van der Waals surface area contributed by atoms with Crippen LogP contribution in [0.2, 0.25) is 0 Å². The second-order valence-electron chi connectivity index (χ2n) is 5.56. The van der Waals surface area contributed by atoms with E-state index in [1.54, 1.807) is 0 Å². The summed E-state index contributed by atoms with van der Waals surface area (Å²) in [5, 5.41) is 3.65. The molecule has 0 saturated heterocycles. The van der Waals surface area contributed by atoms with Gasteiger partial charge < -0.3 is 5.32 Å². The van der Waals surface area contributed by atoms with E-state index in [1.807, 2.05) is 0 Å². The van der Waals surface area contributed by atoms with Crippen LogP contribution in [0.25, 0.3) is 0 Å². The molecule has 0 aliphatic rings. The third kappa shape index (κ3) is 3.94. The zero-order valence-corrected chi connectivity index (χ0v) is 12.8. The van der Waals surface area contributed by atoms with Crippen LogP contribution in [0.1, 0.15) is 36.5 Å². The third-order valence-corrected chi connectivity index (χ3v) is 3.93. The zero-order chi connectivity index (χ0) is 14.4. The summed E-state index contributed by atoms with van der Waals surface area (Å²) < 4.78 is 0. The number of benzene rings is 2. The molecule has 20 heavy (non-hydrogen) atoms. The lowest BCUT2D eigenvalue weighted by Gasteiger charge is -2.25. The largest absolute Gasteiger partial charge is 0.313 e. The van der Waals surface area contributed by atoms with Gasteiger partial charge in [-0.05, 0) is 36.9 Å². The minimum absolute atomic E-state index is 0.476. The molecule has 2 atom stereocenters. The van der Waals surface area contributed by atoms with Crippen LogP contribution in [0, 0.1) is 6.92 Å². The van der Waals surface area contributed by atoms with Crippen molar-refractivity contribution in [3.8, 4) is 0 Å². The van der Waals surface area contributed by atoms with Crippen molar-refractivity contribution in [1.82, 2.24) is 5.32 Å². The van der Waals surface area contributed by atoms with Gasteiger partial charge in [0.2, 0.25) is 0 Å². The number of nitrogens with one attached hydrogen (secondary N) is 1. The van der Waals surface area contributed by atoms with Crippen molar-refractivity contribution in [2.45, 2.75) is 39.2 Å². The molecule has 0 aliphatic heterocycles. The Labute approximate surface area is 123 Å². The van der Waals surface area contributed by atoms with Crippen LogP contribution in [0.4, 0.5) is 0 Å². The van der Waals surface area contributed by atoms with Gasteiger partial charge in [-0.1, -0.05) is 74.0 Å². The molecule has 0 spiro atoms. The number of rotatable bonds is 6. The first-order chi connectivity index (χ1) is 9.70. The fourth-order valence-corrected chi connectivity index (χ4v) is 2.77. The SMILES string of the molecule is CCNC(Cc1cccc(C)c1)C(C)c1ccccc1. The summed E-state index contributed by atoms with van der Waals surface area (Å²) in [5.74, 6) is 0.511. The third-order valence-electron chi connectivity index (χ3n) is 3.93. The molecule has 1 N–H and O–H groups in total. The van der Waals surface area contributed by atoms with Crippen molar-refractivity contribution in [2.75, 3.05) is 6.54 Å². The molecule has 0 heterocycles. The van der Waals surface area contributed by atoms with Crippen molar-refractivity contribution in [2.24, 2.45) is 0 Å². The summed E-state index contributed by atoms with van der Waals surface area (Å²) in [4.78, 5) is 0. The highest BCUT2D eigenvalue weighted by Gasteiger charge is 2.18. The lowest BCUT2D eigenvalue weighted by atomic mass is 9.89. The monoisotopic (exact) mass is 267 g/mol. The molecule has 0 fully saturated rings. The van der Waals surface area contributed by atoms with Gasteiger partial charge in [0.15, 0.2) is 0 Å². The molecule has 106 valence electrons. The average Bonchev–Trinajstić information content (AvgIpc) is 2.47. The molecule has 0 aliphatic carbocycles. The van der Waals surface area contributed by atoms with Gasteiger partial charge in [-0.2, -0.15) is 0 Å². The smallest absolute Gasteiger partial charge is 0.0173 e. The molecular weight excluding hydrogens is 242 g/mol. The molecule has 0 bridgehead atoms.